The van der Waals surface area contributed by atoms with Crippen molar-refractivity contribution in [1.82, 2.24) is 10.2 Å². The summed E-state index contributed by atoms with van der Waals surface area (Å²) >= 11 is 0. The first-order valence-electron chi connectivity index (χ1n) is 8.89. The lowest BCUT2D eigenvalue weighted by atomic mass is 9.84. The van der Waals surface area contributed by atoms with Gasteiger partial charge in [0.25, 0.3) is 0 Å². The maximum absolute atomic E-state index is 3.86. The van der Waals surface area contributed by atoms with Gasteiger partial charge < -0.3 is 5.32 Å². The highest BCUT2D eigenvalue weighted by molar-refractivity contribution is 4.97. The molecule has 3 fully saturated rings. The van der Waals surface area contributed by atoms with Gasteiger partial charge in [-0.15, -0.1) is 0 Å². The lowest BCUT2D eigenvalue weighted by molar-refractivity contribution is 0.0324. The summed E-state index contributed by atoms with van der Waals surface area (Å²) in [5.74, 6) is 1.04. The summed E-state index contributed by atoms with van der Waals surface area (Å²) in [7, 11) is 0. The second kappa shape index (κ2) is 6.58. The predicted octanol–water partition coefficient (Wildman–Crippen LogP) is 3.56. The van der Waals surface area contributed by atoms with Crippen LogP contribution in [0.4, 0.5) is 0 Å². The zero-order valence-corrected chi connectivity index (χ0v) is 12.7. The van der Waals surface area contributed by atoms with Gasteiger partial charge in [0.05, 0.1) is 0 Å². The van der Waals surface area contributed by atoms with E-state index in [0.717, 1.165) is 24.0 Å². The highest BCUT2D eigenvalue weighted by Gasteiger charge is 2.40. The fourth-order valence-electron chi connectivity index (χ4n) is 4.98. The Labute approximate surface area is 119 Å². The molecule has 2 saturated carbocycles. The average Bonchev–Trinajstić information content (AvgIpc) is 2.94. The van der Waals surface area contributed by atoms with E-state index in [1.54, 1.807) is 0 Å². The number of fused-ring (bicyclic) bond motifs is 1. The van der Waals surface area contributed by atoms with E-state index in [-0.39, 0.29) is 0 Å². The van der Waals surface area contributed by atoms with E-state index in [0.29, 0.717) is 0 Å². The molecule has 0 amide bonds. The molecule has 0 aromatic heterocycles. The molecule has 0 aromatic rings. The molecule has 0 spiro atoms. The van der Waals surface area contributed by atoms with Crippen molar-refractivity contribution in [3.05, 3.63) is 0 Å². The zero-order valence-electron chi connectivity index (χ0n) is 12.7. The van der Waals surface area contributed by atoms with Gasteiger partial charge in [-0.25, -0.2) is 0 Å². The summed E-state index contributed by atoms with van der Waals surface area (Å²) in [4.78, 5) is 2.95. The van der Waals surface area contributed by atoms with Crippen LogP contribution in [0, 0.1) is 5.92 Å². The molecule has 0 radical (unpaired) electrons. The fourth-order valence-corrected chi connectivity index (χ4v) is 4.98. The molecule has 2 aliphatic carbocycles. The maximum atomic E-state index is 3.86. The second-order valence-electron chi connectivity index (χ2n) is 7.05. The van der Waals surface area contributed by atoms with Crippen molar-refractivity contribution in [2.24, 2.45) is 5.92 Å². The lowest BCUT2D eigenvalue weighted by Crippen LogP contribution is -2.57. The third kappa shape index (κ3) is 3.00. The molecule has 4 atom stereocenters. The van der Waals surface area contributed by atoms with Crippen LogP contribution < -0.4 is 5.32 Å². The number of hydrogen-bond donors (Lipinski definition) is 1. The van der Waals surface area contributed by atoms with Gasteiger partial charge in [-0.3, -0.25) is 4.90 Å². The van der Waals surface area contributed by atoms with Crippen LogP contribution in [0.5, 0.6) is 0 Å². The predicted molar refractivity (Wildman–Crippen MR) is 81.4 cm³/mol. The Bertz CT molecular complexity index is 278. The third-order valence-electron chi connectivity index (χ3n) is 5.85. The minimum Gasteiger partial charge on any atom is -0.312 e. The summed E-state index contributed by atoms with van der Waals surface area (Å²) in [6.45, 7) is 4.89. The van der Waals surface area contributed by atoms with Crippen LogP contribution >= 0.6 is 0 Å². The fraction of sp³-hybridized carbons (Fsp3) is 1.00. The first kappa shape index (κ1) is 13.9. The van der Waals surface area contributed by atoms with Crippen LogP contribution in [-0.2, 0) is 0 Å². The van der Waals surface area contributed by atoms with Crippen molar-refractivity contribution in [2.45, 2.75) is 89.3 Å². The van der Waals surface area contributed by atoms with Gasteiger partial charge in [0.15, 0.2) is 0 Å². The molecule has 0 bridgehead atoms. The van der Waals surface area contributed by atoms with E-state index in [1.165, 1.54) is 77.3 Å². The highest BCUT2D eigenvalue weighted by atomic mass is 15.2. The van der Waals surface area contributed by atoms with Gasteiger partial charge in [-0.05, 0) is 64.0 Å². The third-order valence-corrected chi connectivity index (χ3v) is 5.85. The van der Waals surface area contributed by atoms with E-state index in [1.807, 2.05) is 0 Å². The molecular weight excluding hydrogens is 232 g/mol. The molecule has 1 heterocycles. The first-order chi connectivity index (χ1) is 9.40. The van der Waals surface area contributed by atoms with Crippen LogP contribution in [0.3, 0.4) is 0 Å². The number of likely N-dealkylation sites (tertiary alicyclic amines) is 1. The molecule has 110 valence electrons. The van der Waals surface area contributed by atoms with E-state index in [4.69, 9.17) is 0 Å². The summed E-state index contributed by atoms with van der Waals surface area (Å²) in [5, 5.41) is 3.86. The standard InChI is InChI=1S/C17H32N2/c1-2-12-18-15-9-3-4-10-17(15)19-13-6-8-14-7-5-11-16(14)19/h14-18H,2-13H2,1H3. The van der Waals surface area contributed by atoms with E-state index >= 15 is 0 Å². The Morgan fingerprint density at radius 3 is 2.58 bits per heavy atom. The molecule has 3 rings (SSSR count). The van der Waals surface area contributed by atoms with Gasteiger partial charge in [-0.1, -0.05) is 26.2 Å². The van der Waals surface area contributed by atoms with Crippen LogP contribution in [0.1, 0.15) is 71.1 Å². The largest absolute Gasteiger partial charge is 0.312 e. The Morgan fingerprint density at radius 2 is 1.68 bits per heavy atom. The smallest absolute Gasteiger partial charge is 0.0252 e. The van der Waals surface area contributed by atoms with Crippen LogP contribution in [0.25, 0.3) is 0 Å². The summed E-state index contributed by atoms with van der Waals surface area (Å²) in [5.41, 5.74) is 0. The van der Waals surface area contributed by atoms with Crippen LogP contribution in [0.15, 0.2) is 0 Å². The molecule has 19 heavy (non-hydrogen) atoms. The van der Waals surface area contributed by atoms with Gasteiger partial charge in [0, 0.05) is 18.1 Å². The highest BCUT2D eigenvalue weighted by Crippen LogP contribution is 2.39. The summed E-state index contributed by atoms with van der Waals surface area (Å²) in [6.07, 6.45) is 14.5. The van der Waals surface area contributed by atoms with Gasteiger partial charge in [0.2, 0.25) is 0 Å². The SMILES string of the molecule is CCCNC1CCCCC1N1CCCC2CCCC21. The molecule has 1 N–H and O–H groups in total. The number of hydrogen-bond acceptors (Lipinski definition) is 2. The molecule has 2 nitrogen and oxygen atoms in total. The van der Waals surface area contributed by atoms with Crippen LogP contribution in [0.2, 0.25) is 0 Å². The molecule has 1 saturated heterocycles. The van der Waals surface area contributed by atoms with Gasteiger partial charge in [-0.2, -0.15) is 0 Å². The summed E-state index contributed by atoms with van der Waals surface area (Å²) < 4.78 is 0. The average molecular weight is 264 g/mol. The Morgan fingerprint density at radius 1 is 0.895 bits per heavy atom. The number of nitrogens with one attached hydrogen (secondary N) is 1. The molecular formula is C17H32N2. The first-order valence-corrected chi connectivity index (χ1v) is 8.89. The Kier molecular flexibility index (Phi) is 4.81. The monoisotopic (exact) mass is 264 g/mol. The van der Waals surface area contributed by atoms with E-state index in [2.05, 4.69) is 17.1 Å². The van der Waals surface area contributed by atoms with Crippen molar-refractivity contribution >= 4 is 0 Å². The number of piperidine rings is 1. The number of rotatable bonds is 4. The van der Waals surface area contributed by atoms with Crippen molar-refractivity contribution in [3.8, 4) is 0 Å². The van der Waals surface area contributed by atoms with Crippen molar-refractivity contribution in [1.29, 1.82) is 0 Å². The molecule has 0 aromatic carbocycles. The second-order valence-corrected chi connectivity index (χ2v) is 7.05. The Balaban J connectivity index is 1.66. The minimum absolute atomic E-state index is 0.785. The minimum atomic E-state index is 0.785. The quantitative estimate of drug-likeness (QED) is 0.835. The van der Waals surface area contributed by atoms with Crippen LogP contribution in [-0.4, -0.2) is 36.1 Å². The molecule has 4 unspecified atom stereocenters. The van der Waals surface area contributed by atoms with Gasteiger partial charge >= 0.3 is 0 Å². The topological polar surface area (TPSA) is 15.3 Å². The van der Waals surface area contributed by atoms with Crippen molar-refractivity contribution in [3.63, 3.8) is 0 Å². The van der Waals surface area contributed by atoms with Gasteiger partial charge in [0.1, 0.15) is 0 Å². The van der Waals surface area contributed by atoms with E-state index in [9.17, 15) is 0 Å². The summed E-state index contributed by atoms with van der Waals surface area (Å²) in [6, 6.07) is 2.59. The normalized spacial score (nSPS) is 40.3. The molecule has 1 aliphatic heterocycles. The molecule has 3 aliphatic rings. The lowest BCUT2D eigenvalue weighted by Gasteiger charge is -2.47. The number of nitrogens with zero attached hydrogens (tertiary/aromatic N) is 1. The van der Waals surface area contributed by atoms with Crippen molar-refractivity contribution in [2.75, 3.05) is 13.1 Å². The zero-order chi connectivity index (χ0) is 13.1. The Hall–Kier alpha value is -0.0800. The van der Waals surface area contributed by atoms with E-state index < -0.39 is 0 Å². The maximum Gasteiger partial charge on any atom is 0.0252 e. The molecule has 2 heteroatoms. The van der Waals surface area contributed by atoms with Crippen molar-refractivity contribution < 1.29 is 0 Å².